The third kappa shape index (κ3) is 2.37. The van der Waals surface area contributed by atoms with Gasteiger partial charge in [0.25, 0.3) is 0 Å². The van der Waals surface area contributed by atoms with Gasteiger partial charge in [-0.2, -0.15) is 0 Å². The molecule has 0 fully saturated rings. The number of para-hydroxylation sites is 1. The zero-order valence-electron chi connectivity index (χ0n) is 13.2. The fourth-order valence-corrected chi connectivity index (χ4v) is 3.45. The minimum Gasteiger partial charge on any atom is -0.468 e. The largest absolute Gasteiger partial charge is 0.468 e. The number of fused-ring (bicyclic) bond motifs is 3. The van der Waals surface area contributed by atoms with Crippen LogP contribution < -0.4 is 5.32 Å². The van der Waals surface area contributed by atoms with E-state index in [1.807, 2.05) is 24.3 Å². The number of carbonyl (C=O) groups is 1. The molecule has 2 atom stereocenters. The van der Waals surface area contributed by atoms with E-state index in [9.17, 15) is 9.18 Å². The molecular formula is C19H17FN2O2. The van der Waals surface area contributed by atoms with E-state index in [0.717, 1.165) is 27.7 Å². The number of carbonyl (C=O) groups excluding carboxylic acids is 1. The van der Waals surface area contributed by atoms with Gasteiger partial charge in [0.15, 0.2) is 0 Å². The van der Waals surface area contributed by atoms with E-state index in [2.05, 4.69) is 10.3 Å². The van der Waals surface area contributed by atoms with Crippen molar-refractivity contribution in [1.29, 1.82) is 0 Å². The summed E-state index contributed by atoms with van der Waals surface area (Å²) in [5.74, 6) is -0.575. The summed E-state index contributed by atoms with van der Waals surface area (Å²) in [6.07, 6.45) is 0.559. The highest BCUT2D eigenvalue weighted by molar-refractivity contribution is 5.87. The second-order valence-electron chi connectivity index (χ2n) is 5.99. The van der Waals surface area contributed by atoms with E-state index in [0.29, 0.717) is 6.42 Å². The molecule has 2 N–H and O–H groups in total. The zero-order chi connectivity index (χ0) is 16.7. The van der Waals surface area contributed by atoms with Gasteiger partial charge in [0.2, 0.25) is 0 Å². The van der Waals surface area contributed by atoms with Crippen molar-refractivity contribution in [3.63, 3.8) is 0 Å². The molecule has 0 radical (unpaired) electrons. The maximum Gasteiger partial charge on any atom is 0.323 e. The van der Waals surface area contributed by atoms with E-state index >= 15 is 0 Å². The van der Waals surface area contributed by atoms with Crippen molar-refractivity contribution in [2.24, 2.45) is 0 Å². The molecule has 0 saturated carbocycles. The van der Waals surface area contributed by atoms with Crippen molar-refractivity contribution in [2.45, 2.75) is 18.5 Å². The first-order valence-corrected chi connectivity index (χ1v) is 7.86. The predicted molar refractivity (Wildman–Crippen MR) is 89.2 cm³/mol. The lowest BCUT2D eigenvalue weighted by atomic mass is 9.90. The molecule has 4 rings (SSSR count). The van der Waals surface area contributed by atoms with E-state index in [1.165, 1.54) is 19.2 Å². The van der Waals surface area contributed by atoms with Crippen LogP contribution in [0.3, 0.4) is 0 Å². The molecule has 2 heterocycles. The van der Waals surface area contributed by atoms with Gasteiger partial charge in [-0.3, -0.25) is 10.1 Å². The van der Waals surface area contributed by atoms with Gasteiger partial charge in [0, 0.05) is 23.0 Å². The van der Waals surface area contributed by atoms with Gasteiger partial charge in [0.1, 0.15) is 11.9 Å². The Labute approximate surface area is 138 Å². The molecule has 1 aliphatic rings. The van der Waals surface area contributed by atoms with Crippen molar-refractivity contribution >= 4 is 16.9 Å². The van der Waals surface area contributed by atoms with Gasteiger partial charge >= 0.3 is 5.97 Å². The minimum absolute atomic E-state index is 0.217. The maximum atomic E-state index is 13.3. The number of rotatable bonds is 2. The SMILES string of the molecule is COC(=O)[C@@H]1Cc2c([nH]c3ccccc23)C(c2ccc(F)cc2)N1. The summed E-state index contributed by atoms with van der Waals surface area (Å²) in [6, 6.07) is 13.7. The molecular weight excluding hydrogens is 307 g/mol. The second kappa shape index (κ2) is 5.76. The average molecular weight is 324 g/mol. The first-order chi connectivity index (χ1) is 11.7. The Morgan fingerprint density at radius 2 is 1.92 bits per heavy atom. The molecule has 122 valence electrons. The van der Waals surface area contributed by atoms with Crippen LogP contribution >= 0.6 is 0 Å². The molecule has 4 nitrogen and oxygen atoms in total. The van der Waals surface area contributed by atoms with Gasteiger partial charge < -0.3 is 9.72 Å². The van der Waals surface area contributed by atoms with E-state index < -0.39 is 6.04 Å². The molecule has 1 aromatic heterocycles. The molecule has 0 spiro atoms. The predicted octanol–water partition coefficient (Wildman–Crippen LogP) is 3.08. The lowest BCUT2D eigenvalue weighted by molar-refractivity contribution is -0.143. The van der Waals surface area contributed by atoms with Crippen molar-refractivity contribution in [3.05, 3.63) is 71.2 Å². The summed E-state index contributed by atoms with van der Waals surface area (Å²) < 4.78 is 18.2. The Hall–Kier alpha value is -2.66. The average Bonchev–Trinajstić information content (AvgIpc) is 2.99. The quantitative estimate of drug-likeness (QED) is 0.712. The lowest BCUT2D eigenvalue weighted by Crippen LogP contribution is -2.45. The van der Waals surface area contributed by atoms with E-state index in [4.69, 9.17) is 4.74 Å². The number of halogens is 1. The molecule has 0 aliphatic carbocycles. The summed E-state index contributed by atoms with van der Waals surface area (Å²) in [7, 11) is 1.39. The highest BCUT2D eigenvalue weighted by Crippen LogP contribution is 2.35. The highest BCUT2D eigenvalue weighted by atomic mass is 19.1. The fraction of sp³-hybridized carbons (Fsp3) is 0.211. The van der Waals surface area contributed by atoms with Crippen molar-refractivity contribution in [1.82, 2.24) is 10.3 Å². The van der Waals surface area contributed by atoms with Crippen molar-refractivity contribution < 1.29 is 13.9 Å². The minimum atomic E-state index is -0.434. The number of H-pyrrole nitrogens is 1. The van der Waals surface area contributed by atoms with Crippen LogP contribution in [0, 0.1) is 5.82 Å². The Kier molecular flexibility index (Phi) is 3.58. The molecule has 1 aliphatic heterocycles. The third-order valence-corrected chi connectivity index (χ3v) is 4.60. The van der Waals surface area contributed by atoms with Gasteiger partial charge in [-0.15, -0.1) is 0 Å². The van der Waals surface area contributed by atoms with Crippen LogP contribution in [-0.2, 0) is 16.0 Å². The van der Waals surface area contributed by atoms with Crippen LogP contribution in [0.5, 0.6) is 0 Å². The summed E-state index contributed by atoms with van der Waals surface area (Å²) >= 11 is 0. The summed E-state index contributed by atoms with van der Waals surface area (Å²) in [5.41, 5.74) is 4.05. The van der Waals surface area contributed by atoms with Crippen LogP contribution in [0.25, 0.3) is 10.9 Å². The van der Waals surface area contributed by atoms with Crippen LogP contribution in [-0.4, -0.2) is 24.1 Å². The summed E-state index contributed by atoms with van der Waals surface area (Å²) in [6.45, 7) is 0. The smallest absolute Gasteiger partial charge is 0.323 e. The molecule has 0 amide bonds. The van der Waals surface area contributed by atoms with E-state index in [-0.39, 0.29) is 17.8 Å². The molecule has 5 heteroatoms. The number of hydrogen-bond acceptors (Lipinski definition) is 3. The van der Waals surface area contributed by atoms with Gasteiger partial charge in [0.05, 0.1) is 13.2 Å². The van der Waals surface area contributed by atoms with Crippen LogP contribution in [0.2, 0.25) is 0 Å². The number of methoxy groups -OCH3 is 1. The third-order valence-electron chi connectivity index (χ3n) is 4.60. The van der Waals surface area contributed by atoms with Gasteiger partial charge in [-0.1, -0.05) is 30.3 Å². The normalized spacial score (nSPS) is 19.9. The standard InChI is InChI=1S/C19H17FN2O2/c1-24-19(23)16-10-14-13-4-2-3-5-15(13)21-18(14)17(22-16)11-6-8-12(20)9-7-11/h2-9,16-17,21-22H,10H2,1H3/t16-,17?/m0/s1. The van der Waals surface area contributed by atoms with Gasteiger partial charge in [-0.05, 0) is 29.3 Å². The zero-order valence-corrected chi connectivity index (χ0v) is 13.2. The maximum absolute atomic E-state index is 13.3. The van der Waals surface area contributed by atoms with Crippen molar-refractivity contribution in [3.8, 4) is 0 Å². The molecule has 24 heavy (non-hydrogen) atoms. The monoisotopic (exact) mass is 324 g/mol. The van der Waals surface area contributed by atoms with Crippen LogP contribution in [0.4, 0.5) is 4.39 Å². The van der Waals surface area contributed by atoms with Crippen molar-refractivity contribution in [2.75, 3.05) is 7.11 Å². The fourth-order valence-electron chi connectivity index (χ4n) is 3.45. The molecule has 3 aromatic rings. The Balaban J connectivity index is 1.86. The number of esters is 1. The number of aromatic nitrogens is 1. The molecule has 0 saturated heterocycles. The lowest BCUT2D eigenvalue weighted by Gasteiger charge is -2.30. The molecule has 2 aromatic carbocycles. The van der Waals surface area contributed by atoms with Crippen LogP contribution in [0.15, 0.2) is 48.5 Å². The number of benzene rings is 2. The Bertz CT molecular complexity index is 901. The number of aromatic amines is 1. The van der Waals surface area contributed by atoms with Gasteiger partial charge in [-0.25, -0.2) is 4.39 Å². The highest BCUT2D eigenvalue weighted by Gasteiger charge is 2.34. The Morgan fingerprint density at radius 3 is 2.67 bits per heavy atom. The van der Waals surface area contributed by atoms with Crippen LogP contribution in [0.1, 0.15) is 22.9 Å². The molecule has 1 unspecified atom stereocenters. The Morgan fingerprint density at radius 1 is 1.17 bits per heavy atom. The first kappa shape index (κ1) is 14.9. The second-order valence-corrected chi connectivity index (χ2v) is 5.99. The topological polar surface area (TPSA) is 54.1 Å². The first-order valence-electron chi connectivity index (χ1n) is 7.86. The number of nitrogens with one attached hydrogen (secondary N) is 2. The number of ether oxygens (including phenoxy) is 1. The molecule has 0 bridgehead atoms. The summed E-state index contributed by atoms with van der Waals surface area (Å²) in [5, 5.41) is 4.44. The van der Waals surface area contributed by atoms with E-state index in [1.54, 1.807) is 12.1 Å². The summed E-state index contributed by atoms with van der Waals surface area (Å²) in [4.78, 5) is 15.6. The number of hydrogen-bond donors (Lipinski definition) is 2.